The van der Waals surface area contributed by atoms with Crippen LogP contribution in [0.2, 0.25) is 0 Å². The maximum absolute atomic E-state index is 11.9. The maximum atomic E-state index is 11.9. The van der Waals surface area contributed by atoms with Gasteiger partial charge in [-0.2, -0.15) is 4.80 Å². The van der Waals surface area contributed by atoms with Crippen LogP contribution >= 0.6 is 0 Å². The van der Waals surface area contributed by atoms with E-state index in [-0.39, 0.29) is 18.4 Å². The summed E-state index contributed by atoms with van der Waals surface area (Å²) in [5.41, 5.74) is 0. The summed E-state index contributed by atoms with van der Waals surface area (Å²) in [4.78, 5) is 26.3. The normalized spacial score (nSPS) is 25.0. The smallest absolute Gasteiger partial charge is 0.245 e. The van der Waals surface area contributed by atoms with Crippen molar-refractivity contribution >= 4 is 11.8 Å². The summed E-state index contributed by atoms with van der Waals surface area (Å²) in [5.74, 6) is 0.125. The molecule has 0 bridgehead atoms. The van der Waals surface area contributed by atoms with Crippen LogP contribution in [0.25, 0.3) is 0 Å². The Balaban J connectivity index is 2.17. The van der Waals surface area contributed by atoms with E-state index in [4.69, 9.17) is 0 Å². The third-order valence-electron chi connectivity index (χ3n) is 2.72. The monoisotopic (exact) mass is 238 g/mol. The lowest BCUT2D eigenvalue weighted by atomic mass is 10.1. The van der Waals surface area contributed by atoms with Crippen molar-refractivity contribution in [2.75, 3.05) is 0 Å². The molecule has 1 aliphatic rings. The summed E-state index contributed by atoms with van der Waals surface area (Å²) in [5, 5.41) is 14.1. The van der Waals surface area contributed by atoms with Gasteiger partial charge in [0.05, 0.1) is 13.6 Å². The second-order valence-corrected chi connectivity index (χ2v) is 4.07. The fourth-order valence-corrected chi connectivity index (χ4v) is 1.73. The van der Waals surface area contributed by atoms with E-state index in [2.05, 4.69) is 20.7 Å². The summed E-state index contributed by atoms with van der Waals surface area (Å²) in [7, 11) is 1.65. The molecule has 8 nitrogen and oxygen atoms in total. The standard InChI is InChI=1S/C9H14N6O2/c1-5-9(17)15(6(2)8(16)10-5)4-7-11-13-14(3)12-7/h5-6H,4H2,1-3H3,(H,10,16). The molecule has 0 aliphatic carbocycles. The van der Waals surface area contributed by atoms with Crippen molar-refractivity contribution in [3.05, 3.63) is 5.82 Å². The maximum Gasteiger partial charge on any atom is 0.245 e. The van der Waals surface area contributed by atoms with Gasteiger partial charge in [0, 0.05) is 0 Å². The number of aryl methyl sites for hydroxylation is 1. The lowest BCUT2D eigenvalue weighted by Crippen LogP contribution is -2.61. The Bertz CT molecular complexity index is 456. The average molecular weight is 238 g/mol. The number of nitrogens with zero attached hydrogens (tertiary/aromatic N) is 5. The average Bonchev–Trinajstić information content (AvgIpc) is 2.68. The highest BCUT2D eigenvalue weighted by atomic mass is 16.2. The summed E-state index contributed by atoms with van der Waals surface area (Å²) in [6, 6.07) is -1.02. The van der Waals surface area contributed by atoms with Crippen LogP contribution in [0.5, 0.6) is 0 Å². The lowest BCUT2D eigenvalue weighted by molar-refractivity contribution is -0.148. The molecule has 0 spiro atoms. The van der Waals surface area contributed by atoms with Crippen molar-refractivity contribution < 1.29 is 9.59 Å². The van der Waals surface area contributed by atoms with Gasteiger partial charge in [-0.1, -0.05) is 0 Å². The summed E-state index contributed by atoms with van der Waals surface area (Å²) >= 11 is 0. The van der Waals surface area contributed by atoms with E-state index in [1.807, 2.05) is 0 Å². The van der Waals surface area contributed by atoms with Crippen molar-refractivity contribution in [1.82, 2.24) is 30.4 Å². The number of amides is 2. The SMILES string of the molecule is CC1NC(=O)C(C)N(Cc2nnn(C)n2)C1=O. The van der Waals surface area contributed by atoms with Crippen molar-refractivity contribution in [3.8, 4) is 0 Å². The quantitative estimate of drug-likeness (QED) is 0.673. The molecule has 17 heavy (non-hydrogen) atoms. The Morgan fingerprint density at radius 1 is 1.35 bits per heavy atom. The Kier molecular flexibility index (Phi) is 2.78. The van der Waals surface area contributed by atoms with Gasteiger partial charge in [0.2, 0.25) is 11.8 Å². The Hall–Kier alpha value is -1.99. The fourth-order valence-electron chi connectivity index (χ4n) is 1.73. The molecule has 2 unspecified atom stereocenters. The third-order valence-corrected chi connectivity index (χ3v) is 2.72. The number of nitrogens with one attached hydrogen (secondary N) is 1. The van der Waals surface area contributed by atoms with Crippen LogP contribution in [0.1, 0.15) is 19.7 Å². The predicted molar refractivity (Wildman–Crippen MR) is 56.4 cm³/mol. The van der Waals surface area contributed by atoms with Gasteiger partial charge < -0.3 is 10.2 Å². The molecular formula is C9H14N6O2. The molecule has 92 valence electrons. The molecule has 0 radical (unpaired) electrons. The van der Waals surface area contributed by atoms with Crippen molar-refractivity contribution in [3.63, 3.8) is 0 Å². The second kappa shape index (κ2) is 4.11. The number of rotatable bonds is 2. The van der Waals surface area contributed by atoms with E-state index in [0.29, 0.717) is 5.82 Å². The first-order chi connectivity index (χ1) is 7.99. The van der Waals surface area contributed by atoms with Gasteiger partial charge in [0.15, 0.2) is 5.82 Å². The van der Waals surface area contributed by atoms with Crippen LogP contribution < -0.4 is 5.32 Å². The van der Waals surface area contributed by atoms with Crippen LogP contribution in [-0.4, -0.2) is 49.0 Å². The molecule has 1 aromatic heterocycles. The summed E-state index contributed by atoms with van der Waals surface area (Å²) in [6.07, 6.45) is 0. The molecule has 1 saturated heterocycles. The molecule has 0 aromatic carbocycles. The fraction of sp³-hybridized carbons (Fsp3) is 0.667. The third kappa shape index (κ3) is 2.10. The van der Waals surface area contributed by atoms with Crippen LogP contribution in [0, 0.1) is 0 Å². The first-order valence-corrected chi connectivity index (χ1v) is 5.32. The highest BCUT2D eigenvalue weighted by molar-refractivity contribution is 5.96. The van der Waals surface area contributed by atoms with Crippen LogP contribution in [-0.2, 0) is 23.2 Å². The minimum atomic E-state index is -0.512. The highest BCUT2D eigenvalue weighted by Crippen LogP contribution is 2.11. The van der Waals surface area contributed by atoms with Crippen molar-refractivity contribution in [2.24, 2.45) is 7.05 Å². The van der Waals surface area contributed by atoms with Crippen LogP contribution in [0.3, 0.4) is 0 Å². The molecule has 1 aromatic rings. The molecule has 1 aliphatic heterocycles. The first-order valence-electron chi connectivity index (χ1n) is 5.32. The zero-order valence-electron chi connectivity index (χ0n) is 9.91. The van der Waals surface area contributed by atoms with Crippen LogP contribution in [0.4, 0.5) is 0 Å². The number of hydrogen-bond acceptors (Lipinski definition) is 5. The number of aromatic nitrogens is 4. The summed E-state index contributed by atoms with van der Waals surface area (Å²) in [6.45, 7) is 3.53. The number of hydrogen-bond donors (Lipinski definition) is 1. The van der Waals surface area contributed by atoms with Gasteiger partial charge in [-0.05, 0) is 19.1 Å². The largest absolute Gasteiger partial charge is 0.343 e. The van der Waals surface area contributed by atoms with Gasteiger partial charge >= 0.3 is 0 Å². The Labute approximate surface area is 98.0 Å². The minimum Gasteiger partial charge on any atom is -0.343 e. The lowest BCUT2D eigenvalue weighted by Gasteiger charge is -2.35. The van der Waals surface area contributed by atoms with E-state index < -0.39 is 12.1 Å². The molecule has 1 fully saturated rings. The Morgan fingerprint density at radius 3 is 2.65 bits per heavy atom. The molecule has 1 N–H and O–H groups in total. The number of piperazine rings is 1. The van der Waals surface area contributed by atoms with E-state index in [0.717, 1.165) is 0 Å². The molecule has 2 rings (SSSR count). The number of carbonyl (C=O) groups excluding carboxylic acids is 2. The highest BCUT2D eigenvalue weighted by Gasteiger charge is 2.36. The zero-order valence-corrected chi connectivity index (χ0v) is 9.91. The van der Waals surface area contributed by atoms with Gasteiger partial charge in [0.1, 0.15) is 12.1 Å². The predicted octanol–water partition coefficient (Wildman–Crippen LogP) is -1.55. The van der Waals surface area contributed by atoms with E-state index in [9.17, 15) is 9.59 Å². The Morgan fingerprint density at radius 2 is 2.06 bits per heavy atom. The van der Waals surface area contributed by atoms with Crippen molar-refractivity contribution in [1.29, 1.82) is 0 Å². The number of tetrazole rings is 1. The van der Waals surface area contributed by atoms with Gasteiger partial charge in [-0.25, -0.2) is 0 Å². The topological polar surface area (TPSA) is 93.0 Å². The molecule has 2 amide bonds. The first kappa shape index (κ1) is 11.5. The van der Waals surface area contributed by atoms with E-state index in [1.165, 1.54) is 9.70 Å². The molecule has 2 atom stereocenters. The molecule has 2 heterocycles. The molecule has 0 saturated carbocycles. The van der Waals surface area contributed by atoms with Crippen LogP contribution in [0.15, 0.2) is 0 Å². The van der Waals surface area contributed by atoms with Gasteiger partial charge in [-0.15, -0.1) is 10.2 Å². The van der Waals surface area contributed by atoms with E-state index >= 15 is 0 Å². The molecular weight excluding hydrogens is 224 g/mol. The zero-order chi connectivity index (χ0) is 12.6. The van der Waals surface area contributed by atoms with E-state index in [1.54, 1.807) is 20.9 Å². The minimum absolute atomic E-state index is 0.135. The summed E-state index contributed by atoms with van der Waals surface area (Å²) < 4.78 is 0. The molecule has 8 heteroatoms. The van der Waals surface area contributed by atoms with Crippen molar-refractivity contribution in [2.45, 2.75) is 32.5 Å². The second-order valence-electron chi connectivity index (χ2n) is 4.07. The van der Waals surface area contributed by atoms with Gasteiger partial charge in [0.25, 0.3) is 0 Å². The van der Waals surface area contributed by atoms with Gasteiger partial charge in [-0.3, -0.25) is 9.59 Å². The number of carbonyl (C=O) groups is 2.